The fourth-order valence-corrected chi connectivity index (χ4v) is 4.26. The molecule has 0 spiro atoms. The van der Waals surface area contributed by atoms with Crippen LogP contribution in [0.5, 0.6) is 0 Å². The Morgan fingerprint density at radius 3 is 2.57 bits per heavy atom. The smallest absolute Gasteiger partial charge is 0.293 e. The zero-order valence-electron chi connectivity index (χ0n) is 19.5. The average molecular weight is 496 g/mol. The second kappa shape index (κ2) is 12.7. The van der Waals surface area contributed by atoms with Crippen molar-refractivity contribution in [1.82, 2.24) is 15.3 Å². The molecule has 1 fully saturated rings. The largest absolute Gasteiger partial charge is 0.326 e. The van der Waals surface area contributed by atoms with Gasteiger partial charge in [-0.25, -0.2) is 5.84 Å². The summed E-state index contributed by atoms with van der Waals surface area (Å²) >= 11 is 0.901. The molecule has 0 bridgehead atoms. The van der Waals surface area contributed by atoms with Gasteiger partial charge in [-0.3, -0.25) is 24.3 Å². The number of imide groups is 1. The fourth-order valence-electron chi connectivity index (χ4n) is 3.40. The predicted molar refractivity (Wildman–Crippen MR) is 138 cm³/mol. The Kier molecular flexibility index (Phi) is 9.39. The van der Waals surface area contributed by atoms with Gasteiger partial charge in [-0.2, -0.15) is 5.10 Å². The van der Waals surface area contributed by atoms with Crippen LogP contribution in [-0.2, 0) is 16.0 Å². The van der Waals surface area contributed by atoms with E-state index in [1.807, 2.05) is 12.1 Å². The lowest BCUT2D eigenvalue weighted by atomic mass is 10.1. The van der Waals surface area contributed by atoms with Gasteiger partial charge < -0.3 is 16.6 Å². The number of amides is 3. The number of hydrazine groups is 1. The van der Waals surface area contributed by atoms with Crippen LogP contribution in [-0.4, -0.2) is 39.3 Å². The van der Waals surface area contributed by atoms with Gasteiger partial charge in [-0.1, -0.05) is 19.4 Å². The van der Waals surface area contributed by atoms with Crippen molar-refractivity contribution in [3.63, 3.8) is 0 Å². The van der Waals surface area contributed by atoms with Crippen molar-refractivity contribution >= 4 is 46.4 Å². The standard InChI is InChI=1S/C24H29N7O3S/c1-2-3-5-18-10-7-16(15-27-18)14-20-23(33)31(24(34)35-20)13-4-6-21(32)28-19-11-8-17(9-12-19)22(29-25)30-26/h7-12,14-15H,2-6,13,25-26H2,1H3,(H,28,32)(H,29,30)/b20-14-. The number of thioether (sulfide) groups is 1. The van der Waals surface area contributed by atoms with Crippen molar-refractivity contribution in [1.29, 1.82) is 0 Å². The van der Waals surface area contributed by atoms with E-state index in [0.29, 0.717) is 28.4 Å². The van der Waals surface area contributed by atoms with Crippen molar-refractivity contribution in [2.24, 2.45) is 16.8 Å². The number of aromatic nitrogens is 1. The molecule has 6 N–H and O–H groups in total. The van der Waals surface area contributed by atoms with E-state index in [2.05, 4.69) is 27.8 Å². The Balaban J connectivity index is 1.49. The molecule has 0 saturated carbocycles. The fraction of sp³-hybridized carbons (Fsp3) is 0.292. The number of hydrogen-bond acceptors (Lipinski definition) is 8. The summed E-state index contributed by atoms with van der Waals surface area (Å²) in [4.78, 5) is 43.3. The quantitative estimate of drug-likeness (QED) is 0.129. The van der Waals surface area contributed by atoms with Crippen LogP contribution in [0.2, 0.25) is 0 Å². The zero-order chi connectivity index (χ0) is 25.2. The Bertz CT molecular complexity index is 1110. The van der Waals surface area contributed by atoms with Gasteiger partial charge in [0.15, 0.2) is 5.84 Å². The number of aryl methyl sites for hydroxylation is 1. The molecule has 0 radical (unpaired) electrons. The molecule has 1 aromatic carbocycles. The van der Waals surface area contributed by atoms with Gasteiger partial charge in [-0.05, 0) is 73.0 Å². The van der Waals surface area contributed by atoms with Crippen molar-refractivity contribution in [2.45, 2.75) is 39.0 Å². The highest BCUT2D eigenvalue weighted by Crippen LogP contribution is 2.32. The van der Waals surface area contributed by atoms with E-state index in [1.165, 1.54) is 4.90 Å². The molecule has 0 unspecified atom stereocenters. The van der Waals surface area contributed by atoms with Crippen LogP contribution < -0.4 is 22.4 Å². The normalized spacial score (nSPS) is 15.1. The van der Waals surface area contributed by atoms with Crippen molar-refractivity contribution in [3.8, 4) is 0 Å². The van der Waals surface area contributed by atoms with Crippen LogP contribution in [0.25, 0.3) is 6.08 Å². The van der Waals surface area contributed by atoms with E-state index >= 15 is 0 Å². The van der Waals surface area contributed by atoms with Gasteiger partial charge in [0.2, 0.25) is 5.91 Å². The summed E-state index contributed by atoms with van der Waals surface area (Å²) in [7, 11) is 0. The van der Waals surface area contributed by atoms with Crippen molar-refractivity contribution < 1.29 is 14.4 Å². The summed E-state index contributed by atoms with van der Waals surface area (Å²) < 4.78 is 0. The number of carbonyl (C=O) groups excluding carboxylic acids is 3. The molecule has 1 aliphatic rings. The number of unbranched alkanes of at least 4 members (excludes halogenated alkanes) is 1. The number of nitrogens with one attached hydrogen (secondary N) is 2. The first-order chi connectivity index (χ1) is 16.9. The maximum absolute atomic E-state index is 12.7. The van der Waals surface area contributed by atoms with E-state index in [0.717, 1.165) is 42.3 Å². The summed E-state index contributed by atoms with van der Waals surface area (Å²) in [6, 6.07) is 10.7. The maximum atomic E-state index is 12.7. The van der Waals surface area contributed by atoms with E-state index in [4.69, 9.17) is 11.7 Å². The number of anilines is 1. The van der Waals surface area contributed by atoms with Crippen molar-refractivity contribution in [3.05, 3.63) is 64.3 Å². The molecule has 0 atom stereocenters. The van der Waals surface area contributed by atoms with Gasteiger partial charge >= 0.3 is 0 Å². The lowest BCUT2D eigenvalue weighted by Crippen LogP contribution is -2.32. The van der Waals surface area contributed by atoms with Crippen LogP contribution >= 0.6 is 11.8 Å². The first kappa shape index (κ1) is 25.9. The van der Waals surface area contributed by atoms with E-state index in [1.54, 1.807) is 36.5 Å². The summed E-state index contributed by atoms with van der Waals surface area (Å²) in [5.41, 5.74) is 5.43. The average Bonchev–Trinajstić information content (AvgIpc) is 3.12. The monoisotopic (exact) mass is 495 g/mol. The number of pyridine rings is 1. The SMILES string of the molecule is CCCCc1ccc(/C=C2\SC(=O)N(CCCC(=O)Nc3ccc(/C(=N/N)NN)cc3)C2=O)cn1. The number of carbonyl (C=O) groups is 3. The first-order valence-electron chi connectivity index (χ1n) is 11.3. The molecule has 2 heterocycles. The highest BCUT2D eigenvalue weighted by molar-refractivity contribution is 8.18. The second-order valence-corrected chi connectivity index (χ2v) is 8.86. The number of amidine groups is 1. The number of hydrazone groups is 1. The predicted octanol–water partition coefficient (Wildman–Crippen LogP) is 2.96. The molecule has 3 rings (SSSR count). The Morgan fingerprint density at radius 1 is 1.17 bits per heavy atom. The number of rotatable bonds is 10. The van der Waals surface area contributed by atoms with Crippen LogP contribution in [0.15, 0.2) is 52.6 Å². The molecule has 1 aliphatic heterocycles. The molecule has 3 amide bonds. The number of nitrogens with zero attached hydrogens (tertiary/aromatic N) is 3. The maximum Gasteiger partial charge on any atom is 0.293 e. The molecule has 11 heteroatoms. The zero-order valence-corrected chi connectivity index (χ0v) is 20.3. The Labute approximate surface area is 208 Å². The highest BCUT2D eigenvalue weighted by Gasteiger charge is 2.34. The molecule has 0 aliphatic carbocycles. The number of nitrogens with two attached hydrogens (primary N) is 2. The summed E-state index contributed by atoms with van der Waals surface area (Å²) in [6.07, 6.45) is 7.00. The minimum absolute atomic E-state index is 0.158. The van der Waals surface area contributed by atoms with Gasteiger partial charge in [0, 0.05) is 36.1 Å². The third-order valence-corrected chi connectivity index (χ3v) is 6.21. The molecule has 2 aromatic rings. The Morgan fingerprint density at radius 2 is 1.94 bits per heavy atom. The lowest BCUT2D eigenvalue weighted by Gasteiger charge is -2.12. The van der Waals surface area contributed by atoms with Gasteiger partial charge in [0.05, 0.1) is 4.91 Å². The highest BCUT2D eigenvalue weighted by atomic mass is 32.2. The Hall–Kier alpha value is -3.70. The summed E-state index contributed by atoms with van der Waals surface area (Å²) in [5, 5.41) is 5.96. The van der Waals surface area contributed by atoms with Crippen molar-refractivity contribution in [2.75, 3.05) is 11.9 Å². The molecular formula is C24H29N7O3S. The van der Waals surface area contributed by atoms with Gasteiger partial charge in [-0.15, -0.1) is 0 Å². The summed E-state index contributed by atoms with van der Waals surface area (Å²) in [6.45, 7) is 2.30. The topological polar surface area (TPSA) is 156 Å². The minimum Gasteiger partial charge on any atom is -0.326 e. The van der Waals surface area contributed by atoms with E-state index in [-0.39, 0.29) is 30.0 Å². The van der Waals surface area contributed by atoms with Gasteiger partial charge in [0.25, 0.3) is 11.1 Å². The van der Waals surface area contributed by atoms with Crippen LogP contribution in [0, 0.1) is 0 Å². The first-order valence-corrected chi connectivity index (χ1v) is 12.1. The van der Waals surface area contributed by atoms with E-state index < -0.39 is 0 Å². The number of benzene rings is 1. The van der Waals surface area contributed by atoms with Crippen LogP contribution in [0.3, 0.4) is 0 Å². The molecule has 35 heavy (non-hydrogen) atoms. The molecule has 1 aromatic heterocycles. The number of hydrogen-bond donors (Lipinski definition) is 4. The van der Waals surface area contributed by atoms with Gasteiger partial charge in [0.1, 0.15) is 0 Å². The molecule has 184 valence electrons. The molecule has 1 saturated heterocycles. The second-order valence-electron chi connectivity index (χ2n) is 7.87. The third-order valence-electron chi connectivity index (χ3n) is 5.30. The molecular weight excluding hydrogens is 466 g/mol. The van der Waals surface area contributed by atoms with E-state index in [9.17, 15) is 14.4 Å². The summed E-state index contributed by atoms with van der Waals surface area (Å²) in [5.74, 6) is 10.3. The van der Waals surface area contributed by atoms with Crippen LogP contribution in [0.1, 0.15) is 49.4 Å². The molecule has 10 nitrogen and oxygen atoms in total. The lowest BCUT2D eigenvalue weighted by molar-refractivity contribution is -0.123. The minimum atomic E-state index is -0.350. The van der Waals surface area contributed by atoms with Crippen LogP contribution in [0.4, 0.5) is 10.5 Å². The third kappa shape index (κ3) is 7.14.